The van der Waals surface area contributed by atoms with Crippen molar-refractivity contribution >= 4 is 11.0 Å². The van der Waals surface area contributed by atoms with Crippen LogP contribution in [0, 0.1) is 6.92 Å². The number of aromatic nitrogens is 2. The van der Waals surface area contributed by atoms with E-state index >= 15 is 0 Å². The molecule has 17 heavy (non-hydrogen) atoms. The van der Waals surface area contributed by atoms with Crippen molar-refractivity contribution in [2.45, 2.75) is 32.4 Å². The molecule has 0 bridgehead atoms. The molecule has 1 unspecified atom stereocenters. The van der Waals surface area contributed by atoms with Crippen molar-refractivity contribution < 1.29 is 5.11 Å². The van der Waals surface area contributed by atoms with Crippen LogP contribution in [0.3, 0.4) is 0 Å². The van der Waals surface area contributed by atoms with Gasteiger partial charge in [0.1, 0.15) is 11.6 Å². The summed E-state index contributed by atoms with van der Waals surface area (Å²) in [4.78, 5) is 4.52. The summed E-state index contributed by atoms with van der Waals surface area (Å²) in [5.41, 5.74) is 1.98. The van der Waals surface area contributed by atoms with Gasteiger partial charge in [0.05, 0.1) is 11.0 Å². The van der Waals surface area contributed by atoms with Crippen molar-refractivity contribution in [1.29, 1.82) is 0 Å². The number of hydrogen-bond donors (Lipinski definition) is 2. The summed E-state index contributed by atoms with van der Waals surface area (Å²) >= 11 is 0. The Labute approximate surface area is 100 Å². The fourth-order valence-corrected chi connectivity index (χ4v) is 2.59. The minimum absolute atomic E-state index is 0.304. The van der Waals surface area contributed by atoms with Crippen molar-refractivity contribution in [3.8, 4) is 5.75 Å². The van der Waals surface area contributed by atoms with Gasteiger partial charge < -0.3 is 15.0 Å². The SMILES string of the molecule is Cc1nc2ccc(O)cc2n1CC1CCCN1. The van der Waals surface area contributed by atoms with Gasteiger partial charge in [-0.15, -0.1) is 0 Å². The van der Waals surface area contributed by atoms with Gasteiger partial charge in [0.15, 0.2) is 0 Å². The molecule has 1 aliphatic heterocycles. The standard InChI is InChI=1S/C13H17N3O/c1-9-15-12-5-4-11(17)7-13(12)16(9)8-10-3-2-6-14-10/h4-5,7,10,14,17H,2-3,6,8H2,1H3. The number of aryl methyl sites for hydroxylation is 1. The maximum Gasteiger partial charge on any atom is 0.117 e. The Morgan fingerprint density at radius 2 is 2.41 bits per heavy atom. The molecule has 2 heterocycles. The summed E-state index contributed by atoms with van der Waals surface area (Å²) in [5.74, 6) is 1.32. The minimum atomic E-state index is 0.304. The fourth-order valence-electron chi connectivity index (χ4n) is 2.59. The van der Waals surface area contributed by atoms with Crippen LogP contribution in [0.1, 0.15) is 18.7 Å². The molecule has 0 spiro atoms. The number of aromatic hydroxyl groups is 1. The van der Waals surface area contributed by atoms with Crippen LogP contribution in [0.2, 0.25) is 0 Å². The smallest absolute Gasteiger partial charge is 0.117 e. The molecular weight excluding hydrogens is 214 g/mol. The zero-order chi connectivity index (χ0) is 11.8. The maximum absolute atomic E-state index is 9.57. The molecule has 0 aliphatic carbocycles. The van der Waals surface area contributed by atoms with Gasteiger partial charge in [-0.3, -0.25) is 0 Å². The van der Waals surface area contributed by atoms with Crippen LogP contribution in [0.5, 0.6) is 5.75 Å². The number of fused-ring (bicyclic) bond motifs is 1. The molecule has 3 rings (SSSR count). The molecule has 2 N–H and O–H groups in total. The molecule has 0 amide bonds. The van der Waals surface area contributed by atoms with Gasteiger partial charge >= 0.3 is 0 Å². The zero-order valence-electron chi connectivity index (χ0n) is 9.98. The highest BCUT2D eigenvalue weighted by atomic mass is 16.3. The molecule has 1 atom stereocenters. The lowest BCUT2D eigenvalue weighted by Gasteiger charge is -2.13. The molecule has 0 radical (unpaired) electrons. The highest BCUT2D eigenvalue weighted by Gasteiger charge is 2.17. The van der Waals surface area contributed by atoms with E-state index < -0.39 is 0 Å². The van der Waals surface area contributed by atoms with Crippen LogP contribution in [-0.2, 0) is 6.54 Å². The average molecular weight is 231 g/mol. The van der Waals surface area contributed by atoms with Crippen molar-refractivity contribution in [3.05, 3.63) is 24.0 Å². The van der Waals surface area contributed by atoms with Crippen molar-refractivity contribution in [2.75, 3.05) is 6.54 Å². The van der Waals surface area contributed by atoms with E-state index in [2.05, 4.69) is 14.9 Å². The van der Waals surface area contributed by atoms with Crippen LogP contribution < -0.4 is 5.32 Å². The number of rotatable bonds is 2. The molecule has 4 nitrogen and oxygen atoms in total. The van der Waals surface area contributed by atoms with Gasteiger partial charge in [-0.1, -0.05) is 0 Å². The quantitative estimate of drug-likeness (QED) is 0.828. The maximum atomic E-state index is 9.57. The van der Waals surface area contributed by atoms with E-state index in [-0.39, 0.29) is 0 Å². The van der Waals surface area contributed by atoms with Gasteiger partial charge in [0, 0.05) is 18.7 Å². The highest BCUT2D eigenvalue weighted by molar-refractivity contribution is 5.77. The van der Waals surface area contributed by atoms with Gasteiger partial charge in [-0.25, -0.2) is 4.98 Å². The summed E-state index contributed by atoms with van der Waals surface area (Å²) in [7, 11) is 0. The monoisotopic (exact) mass is 231 g/mol. The third kappa shape index (κ3) is 1.89. The van der Waals surface area contributed by atoms with E-state index in [4.69, 9.17) is 0 Å². The van der Waals surface area contributed by atoms with Crippen LogP contribution in [0.4, 0.5) is 0 Å². The van der Waals surface area contributed by atoms with Crippen molar-refractivity contribution in [1.82, 2.24) is 14.9 Å². The van der Waals surface area contributed by atoms with E-state index in [0.29, 0.717) is 11.8 Å². The second kappa shape index (κ2) is 4.04. The Balaban J connectivity index is 2.01. The Morgan fingerprint density at radius 3 is 3.18 bits per heavy atom. The number of nitrogens with zero attached hydrogens (tertiary/aromatic N) is 2. The molecule has 2 aromatic rings. The third-order valence-electron chi connectivity index (χ3n) is 3.49. The molecular formula is C13H17N3O. The van der Waals surface area contributed by atoms with Gasteiger partial charge in [-0.2, -0.15) is 0 Å². The lowest BCUT2D eigenvalue weighted by atomic mass is 10.2. The van der Waals surface area contributed by atoms with E-state index in [1.165, 1.54) is 12.8 Å². The molecule has 0 saturated carbocycles. The molecule has 1 saturated heterocycles. The number of benzene rings is 1. The molecule has 90 valence electrons. The van der Waals surface area contributed by atoms with Gasteiger partial charge in [0.2, 0.25) is 0 Å². The summed E-state index contributed by atoms with van der Waals surface area (Å²) in [6.07, 6.45) is 2.47. The summed E-state index contributed by atoms with van der Waals surface area (Å²) in [5, 5.41) is 13.1. The Bertz CT molecular complexity index is 541. The Morgan fingerprint density at radius 1 is 1.53 bits per heavy atom. The van der Waals surface area contributed by atoms with E-state index in [1.807, 2.05) is 13.0 Å². The number of hydrogen-bond acceptors (Lipinski definition) is 3. The summed E-state index contributed by atoms with van der Waals surface area (Å²) in [6.45, 7) is 4.07. The van der Waals surface area contributed by atoms with Crippen molar-refractivity contribution in [2.24, 2.45) is 0 Å². The Kier molecular flexibility index (Phi) is 2.52. The van der Waals surface area contributed by atoms with Crippen LogP contribution in [-0.4, -0.2) is 27.2 Å². The molecule has 4 heteroatoms. The predicted octanol–water partition coefficient (Wildman–Crippen LogP) is 1.80. The lowest BCUT2D eigenvalue weighted by molar-refractivity contribution is 0.475. The first kappa shape index (κ1) is 10.6. The van der Waals surface area contributed by atoms with E-state index in [0.717, 1.165) is 29.9 Å². The molecule has 1 aromatic carbocycles. The average Bonchev–Trinajstić information content (AvgIpc) is 2.90. The largest absolute Gasteiger partial charge is 0.508 e. The molecule has 1 fully saturated rings. The first-order valence-corrected chi connectivity index (χ1v) is 6.13. The van der Waals surface area contributed by atoms with Gasteiger partial charge in [0.25, 0.3) is 0 Å². The van der Waals surface area contributed by atoms with Crippen LogP contribution >= 0.6 is 0 Å². The van der Waals surface area contributed by atoms with Crippen LogP contribution in [0.25, 0.3) is 11.0 Å². The number of phenolic OH excluding ortho intramolecular Hbond substituents is 1. The first-order chi connectivity index (χ1) is 8.24. The second-order valence-corrected chi connectivity index (χ2v) is 4.74. The second-order valence-electron chi connectivity index (χ2n) is 4.74. The normalized spacial score (nSPS) is 20.2. The highest BCUT2D eigenvalue weighted by Crippen LogP contribution is 2.22. The first-order valence-electron chi connectivity index (χ1n) is 6.13. The summed E-state index contributed by atoms with van der Waals surface area (Å²) in [6, 6.07) is 5.89. The summed E-state index contributed by atoms with van der Waals surface area (Å²) < 4.78 is 2.19. The number of phenols is 1. The molecule has 1 aliphatic rings. The zero-order valence-corrected chi connectivity index (χ0v) is 9.98. The Hall–Kier alpha value is -1.55. The minimum Gasteiger partial charge on any atom is -0.508 e. The lowest BCUT2D eigenvalue weighted by Crippen LogP contribution is -2.27. The number of imidazole rings is 1. The fraction of sp³-hybridized carbons (Fsp3) is 0.462. The van der Waals surface area contributed by atoms with E-state index in [9.17, 15) is 5.11 Å². The topological polar surface area (TPSA) is 50.1 Å². The van der Waals surface area contributed by atoms with Gasteiger partial charge in [-0.05, 0) is 38.4 Å². The molecule has 1 aromatic heterocycles. The third-order valence-corrected chi connectivity index (χ3v) is 3.49. The number of nitrogens with one attached hydrogen (secondary N) is 1. The predicted molar refractivity (Wildman–Crippen MR) is 67.2 cm³/mol. The van der Waals surface area contributed by atoms with E-state index in [1.54, 1.807) is 12.1 Å². The van der Waals surface area contributed by atoms with Crippen molar-refractivity contribution in [3.63, 3.8) is 0 Å². The van der Waals surface area contributed by atoms with Crippen LogP contribution in [0.15, 0.2) is 18.2 Å².